The van der Waals surface area contributed by atoms with E-state index in [2.05, 4.69) is 33.9 Å². The molecule has 0 fully saturated rings. The summed E-state index contributed by atoms with van der Waals surface area (Å²) in [6.07, 6.45) is -0.459. The minimum Gasteiger partial charge on any atom is -0.409 e. The maximum Gasteiger partial charge on any atom is 0.192 e. The number of rotatable bonds is 7. The van der Waals surface area contributed by atoms with Crippen LogP contribution < -0.4 is 0 Å². The van der Waals surface area contributed by atoms with E-state index in [9.17, 15) is 4.39 Å². The second-order valence-corrected chi connectivity index (χ2v) is 11.4. The summed E-state index contributed by atoms with van der Waals surface area (Å²) < 4.78 is 24.7. The number of halogens is 1. The van der Waals surface area contributed by atoms with Crippen LogP contribution in [-0.4, -0.2) is 27.7 Å². The Bertz CT molecular complexity index is 387. The Kier molecular flexibility index (Phi) is 6.36. The standard InChI is InChI=1S/C16H27FO2Si/c1-16(2,3)20(4,5)19-15(11-17)13-18-12-14-9-7-6-8-10-14/h6-10,15H,11-13H2,1-5H3/t15-/m1/s1. The topological polar surface area (TPSA) is 18.5 Å². The second kappa shape index (κ2) is 7.34. The summed E-state index contributed by atoms with van der Waals surface area (Å²) in [7, 11) is -1.94. The van der Waals surface area contributed by atoms with E-state index in [4.69, 9.17) is 9.16 Å². The lowest BCUT2D eigenvalue weighted by Gasteiger charge is -2.38. The summed E-state index contributed by atoms with van der Waals surface area (Å²) in [5.74, 6) is 0. The first kappa shape index (κ1) is 17.3. The maximum atomic E-state index is 13.1. The van der Waals surface area contributed by atoms with Gasteiger partial charge in [-0.1, -0.05) is 51.1 Å². The molecule has 1 rings (SSSR count). The first-order valence-electron chi connectivity index (χ1n) is 7.12. The second-order valence-electron chi connectivity index (χ2n) is 6.66. The SMILES string of the molecule is CC(C)(C)[Si](C)(C)O[C@H](CF)COCc1ccccc1. The Labute approximate surface area is 123 Å². The summed E-state index contributed by atoms with van der Waals surface area (Å²) >= 11 is 0. The third-order valence-corrected chi connectivity index (χ3v) is 8.39. The van der Waals surface area contributed by atoms with Crippen molar-refractivity contribution in [1.29, 1.82) is 0 Å². The van der Waals surface area contributed by atoms with Crippen LogP contribution in [0.25, 0.3) is 0 Å². The molecule has 20 heavy (non-hydrogen) atoms. The van der Waals surface area contributed by atoms with Crippen molar-refractivity contribution in [2.24, 2.45) is 0 Å². The first-order valence-corrected chi connectivity index (χ1v) is 10.0. The van der Waals surface area contributed by atoms with Crippen molar-refractivity contribution in [2.45, 2.75) is 51.6 Å². The summed E-state index contributed by atoms with van der Waals surface area (Å²) in [5, 5.41) is 0.0832. The van der Waals surface area contributed by atoms with Gasteiger partial charge in [0.1, 0.15) is 6.67 Å². The number of alkyl halides is 1. The van der Waals surface area contributed by atoms with Crippen molar-refractivity contribution in [3.8, 4) is 0 Å². The monoisotopic (exact) mass is 298 g/mol. The molecule has 0 radical (unpaired) electrons. The van der Waals surface area contributed by atoms with Gasteiger partial charge < -0.3 is 9.16 Å². The molecule has 0 aliphatic heterocycles. The quantitative estimate of drug-likeness (QED) is 0.687. The molecule has 1 aromatic rings. The van der Waals surface area contributed by atoms with E-state index in [1.165, 1.54) is 0 Å². The van der Waals surface area contributed by atoms with Crippen LogP contribution in [0, 0.1) is 0 Å². The van der Waals surface area contributed by atoms with E-state index >= 15 is 0 Å². The zero-order chi connectivity index (χ0) is 15.2. The zero-order valence-electron chi connectivity index (χ0n) is 13.3. The summed E-state index contributed by atoms with van der Waals surface area (Å²) in [6, 6.07) is 9.90. The number of hydrogen-bond acceptors (Lipinski definition) is 2. The third kappa shape index (κ3) is 5.35. The lowest BCUT2D eigenvalue weighted by molar-refractivity contribution is 0.0230. The Morgan fingerprint density at radius 1 is 1.15 bits per heavy atom. The van der Waals surface area contributed by atoms with E-state index in [0.717, 1.165) is 5.56 Å². The van der Waals surface area contributed by atoms with Crippen LogP contribution in [0.3, 0.4) is 0 Å². The summed E-state index contributed by atoms with van der Waals surface area (Å²) in [4.78, 5) is 0. The molecule has 4 heteroatoms. The first-order chi connectivity index (χ1) is 9.26. The van der Waals surface area contributed by atoms with Gasteiger partial charge in [-0.05, 0) is 23.7 Å². The fourth-order valence-electron chi connectivity index (χ4n) is 1.59. The van der Waals surface area contributed by atoms with E-state index in [1.807, 2.05) is 30.3 Å². The maximum absolute atomic E-state index is 13.1. The fraction of sp³-hybridized carbons (Fsp3) is 0.625. The molecule has 0 unspecified atom stereocenters. The lowest BCUT2D eigenvalue weighted by Crippen LogP contribution is -2.45. The van der Waals surface area contributed by atoms with Crippen LogP contribution in [-0.2, 0) is 15.8 Å². The molecule has 0 saturated carbocycles. The van der Waals surface area contributed by atoms with E-state index in [-0.39, 0.29) is 5.04 Å². The highest BCUT2D eigenvalue weighted by atomic mass is 28.4. The highest BCUT2D eigenvalue weighted by molar-refractivity contribution is 6.74. The van der Waals surface area contributed by atoms with Gasteiger partial charge in [0.05, 0.1) is 19.3 Å². The highest BCUT2D eigenvalue weighted by Crippen LogP contribution is 2.37. The van der Waals surface area contributed by atoms with Gasteiger partial charge in [-0.25, -0.2) is 4.39 Å². The van der Waals surface area contributed by atoms with Gasteiger partial charge in [0.25, 0.3) is 0 Å². The molecule has 0 amide bonds. The molecule has 0 aromatic heterocycles. The molecule has 1 atom stereocenters. The number of ether oxygens (including phenoxy) is 1. The molecule has 0 aliphatic rings. The molecule has 0 heterocycles. The lowest BCUT2D eigenvalue weighted by atomic mass is 10.2. The van der Waals surface area contributed by atoms with Crippen molar-refractivity contribution >= 4 is 8.32 Å². The van der Waals surface area contributed by atoms with Crippen LogP contribution >= 0.6 is 0 Å². The molecule has 0 saturated heterocycles. The van der Waals surface area contributed by atoms with Crippen molar-refractivity contribution in [2.75, 3.05) is 13.3 Å². The van der Waals surface area contributed by atoms with Crippen LogP contribution in [0.5, 0.6) is 0 Å². The Morgan fingerprint density at radius 3 is 2.25 bits per heavy atom. The van der Waals surface area contributed by atoms with Crippen LogP contribution in [0.15, 0.2) is 30.3 Å². The van der Waals surface area contributed by atoms with Gasteiger partial charge in [-0.2, -0.15) is 0 Å². The van der Waals surface area contributed by atoms with Gasteiger partial charge in [-0.15, -0.1) is 0 Å². The Balaban J connectivity index is 2.44. The van der Waals surface area contributed by atoms with E-state index in [0.29, 0.717) is 13.2 Å². The molecule has 0 bridgehead atoms. The molecule has 0 N–H and O–H groups in total. The molecular formula is C16H27FO2Si. The molecule has 114 valence electrons. The van der Waals surface area contributed by atoms with Crippen molar-refractivity contribution < 1.29 is 13.6 Å². The molecule has 1 aromatic carbocycles. The van der Waals surface area contributed by atoms with E-state index < -0.39 is 21.1 Å². The Morgan fingerprint density at radius 2 is 1.75 bits per heavy atom. The summed E-state index contributed by atoms with van der Waals surface area (Å²) in [5.41, 5.74) is 1.09. The van der Waals surface area contributed by atoms with Gasteiger partial charge in [0.15, 0.2) is 8.32 Å². The Hall–Kier alpha value is -0.713. The van der Waals surface area contributed by atoms with Crippen LogP contribution in [0.2, 0.25) is 18.1 Å². The minimum absolute atomic E-state index is 0.0832. The molecule has 2 nitrogen and oxygen atoms in total. The normalized spacial score (nSPS) is 14.3. The van der Waals surface area contributed by atoms with Crippen molar-refractivity contribution in [3.05, 3.63) is 35.9 Å². The van der Waals surface area contributed by atoms with Gasteiger partial charge in [0, 0.05) is 0 Å². The van der Waals surface area contributed by atoms with Gasteiger partial charge >= 0.3 is 0 Å². The zero-order valence-corrected chi connectivity index (χ0v) is 14.3. The highest BCUT2D eigenvalue weighted by Gasteiger charge is 2.39. The van der Waals surface area contributed by atoms with Crippen molar-refractivity contribution in [1.82, 2.24) is 0 Å². The smallest absolute Gasteiger partial charge is 0.192 e. The molecular weight excluding hydrogens is 271 g/mol. The van der Waals surface area contributed by atoms with E-state index in [1.54, 1.807) is 0 Å². The fourth-order valence-corrected chi connectivity index (χ4v) is 2.90. The molecule has 0 aliphatic carbocycles. The van der Waals surface area contributed by atoms with Crippen molar-refractivity contribution in [3.63, 3.8) is 0 Å². The molecule has 0 spiro atoms. The largest absolute Gasteiger partial charge is 0.409 e. The number of benzene rings is 1. The van der Waals surface area contributed by atoms with Crippen LogP contribution in [0.1, 0.15) is 26.3 Å². The third-order valence-electron chi connectivity index (χ3n) is 3.85. The predicted molar refractivity (Wildman–Crippen MR) is 84.1 cm³/mol. The van der Waals surface area contributed by atoms with Gasteiger partial charge in [-0.3, -0.25) is 0 Å². The summed E-state index contributed by atoms with van der Waals surface area (Å²) in [6.45, 7) is 11.0. The van der Waals surface area contributed by atoms with Crippen LogP contribution in [0.4, 0.5) is 4.39 Å². The number of hydrogen-bond donors (Lipinski definition) is 0. The predicted octanol–water partition coefficient (Wildman–Crippen LogP) is 4.56. The average Bonchev–Trinajstić information content (AvgIpc) is 2.37. The average molecular weight is 298 g/mol. The van der Waals surface area contributed by atoms with Gasteiger partial charge in [0.2, 0.25) is 0 Å². The minimum atomic E-state index is -1.94.